The van der Waals surface area contributed by atoms with Crippen molar-refractivity contribution in [2.75, 3.05) is 0 Å². The van der Waals surface area contributed by atoms with Gasteiger partial charge in [0.2, 0.25) is 0 Å². The first-order valence-electron chi connectivity index (χ1n) is 20.2. The summed E-state index contributed by atoms with van der Waals surface area (Å²) in [4.78, 5) is 0. The Labute approximate surface area is 334 Å². The van der Waals surface area contributed by atoms with Gasteiger partial charge in [0.25, 0.3) is 0 Å². The highest BCUT2D eigenvalue weighted by atomic mass is 15.0. The lowest BCUT2D eigenvalue weighted by atomic mass is 9.89. The Kier molecular flexibility index (Phi) is 6.50. The van der Waals surface area contributed by atoms with E-state index in [1.54, 1.807) is 0 Å². The van der Waals surface area contributed by atoms with E-state index < -0.39 is 0 Å². The van der Waals surface area contributed by atoms with E-state index in [4.69, 9.17) is 0 Å². The average Bonchev–Trinajstić information content (AvgIpc) is 4.02. The maximum absolute atomic E-state index is 2.53. The molecular weight excluding hydrogens is 703 g/mol. The van der Waals surface area contributed by atoms with Crippen LogP contribution in [0.3, 0.4) is 0 Å². The lowest BCUT2D eigenvalue weighted by Gasteiger charge is -2.16. The summed E-state index contributed by atoms with van der Waals surface area (Å²) in [6, 6.07) is 76.1. The van der Waals surface area contributed by atoms with Gasteiger partial charge in [-0.2, -0.15) is 0 Å². The number of fused-ring (bicyclic) bond motifs is 14. The molecule has 58 heavy (non-hydrogen) atoms. The van der Waals surface area contributed by atoms with Gasteiger partial charge < -0.3 is 13.7 Å². The van der Waals surface area contributed by atoms with Crippen LogP contribution in [0.4, 0.5) is 0 Å². The van der Waals surface area contributed by atoms with Crippen molar-refractivity contribution in [1.29, 1.82) is 0 Å². The monoisotopic (exact) mass is 737 g/mol. The molecule has 0 fully saturated rings. The van der Waals surface area contributed by atoms with E-state index in [0.717, 1.165) is 17.1 Å². The third kappa shape index (κ3) is 4.22. The molecule has 0 saturated carbocycles. The summed E-state index contributed by atoms with van der Waals surface area (Å²) in [5.41, 5.74) is 17.4. The van der Waals surface area contributed by atoms with Gasteiger partial charge in [0.05, 0.1) is 33.1 Å². The maximum atomic E-state index is 2.53. The zero-order chi connectivity index (χ0) is 37.9. The summed E-state index contributed by atoms with van der Waals surface area (Å²) in [7, 11) is 0. The van der Waals surface area contributed by atoms with Crippen molar-refractivity contribution < 1.29 is 0 Å². The molecule has 3 heterocycles. The van der Waals surface area contributed by atoms with E-state index >= 15 is 0 Å². The number of benzene rings is 9. The van der Waals surface area contributed by atoms with E-state index in [0.29, 0.717) is 0 Å². The molecule has 0 spiro atoms. The molecule has 0 bridgehead atoms. The van der Waals surface area contributed by atoms with Crippen molar-refractivity contribution in [2.45, 2.75) is 5.92 Å². The summed E-state index contributed by atoms with van der Waals surface area (Å²) in [5.74, 6) is 0.174. The Morgan fingerprint density at radius 3 is 1.57 bits per heavy atom. The van der Waals surface area contributed by atoms with E-state index in [1.807, 2.05) is 0 Å². The Morgan fingerprint density at radius 2 is 0.845 bits per heavy atom. The SMILES string of the molecule is c1ccc(C2c3ccccc3-c3c2ccc2c4ccccc4n(-c4cccc(-n5c6ccccc6c6ccc7c(c8ccccc8n7-c7ccccc7)c65)c4)c32)cc1. The quantitative estimate of drug-likeness (QED) is 0.171. The lowest BCUT2D eigenvalue weighted by Crippen LogP contribution is -2.00. The lowest BCUT2D eigenvalue weighted by molar-refractivity contribution is 1.02. The molecule has 0 saturated heterocycles. The van der Waals surface area contributed by atoms with Crippen molar-refractivity contribution in [3.63, 3.8) is 0 Å². The Morgan fingerprint density at radius 1 is 0.310 bits per heavy atom. The molecule has 1 aliphatic carbocycles. The van der Waals surface area contributed by atoms with Gasteiger partial charge in [-0.25, -0.2) is 0 Å². The fraction of sp³-hybridized carbons (Fsp3) is 0.0182. The smallest absolute Gasteiger partial charge is 0.0641 e. The number of hydrogen-bond donors (Lipinski definition) is 0. The molecule has 0 radical (unpaired) electrons. The van der Waals surface area contributed by atoms with E-state index in [2.05, 4.69) is 220 Å². The second-order valence-corrected chi connectivity index (χ2v) is 15.6. The van der Waals surface area contributed by atoms with Gasteiger partial charge in [0, 0.05) is 60.9 Å². The normalized spacial score (nSPS) is 13.7. The molecule has 0 N–H and O–H groups in total. The van der Waals surface area contributed by atoms with Gasteiger partial charge in [-0.1, -0.05) is 152 Å². The second-order valence-electron chi connectivity index (χ2n) is 15.6. The van der Waals surface area contributed by atoms with Crippen LogP contribution in [0.1, 0.15) is 22.6 Å². The fourth-order valence-electron chi connectivity index (χ4n) is 10.4. The molecule has 13 rings (SSSR count). The van der Waals surface area contributed by atoms with Gasteiger partial charge in [-0.15, -0.1) is 0 Å². The Hall–Kier alpha value is -7.62. The van der Waals surface area contributed by atoms with Crippen molar-refractivity contribution in [3.05, 3.63) is 223 Å². The molecule has 0 amide bonds. The number of para-hydroxylation sites is 4. The molecular formula is C55H35N3. The van der Waals surface area contributed by atoms with E-state index in [1.165, 1.54) is 93.2 Å². The molecule has 1 aliphatic rings. The minimum absolute atomic E-state index is 0.174. The van der Waals surface area contributed by atoms with E-state index in [-0.39, 0.29) is 5.92 Å². The van der Waals surface area contributed by atoms with E-state index in [9.17, 15) is 0 Å². The second kappa shape index (κ2) is 11.9. The van der Waals surface area contributed by atoms with Gasteiger partial charge in [0.1, 0.15) is 0 Å². The fourth-order valence-corrected chi connectivity index (χ4v) is 10.4. The Balaban J connectivity index is 1.13. The third-order valence-corrected chi connectivity index (χ3v) is 12.7. The number of hydrogen-bond acceptors (Lipinski definition) is 0. The van der Waals surface area contributed by atoms with Crippen LogP contribution in [0.25, 0.3) is 93.6 Å². The van der Waals surface area contributed by atoms with Crippen LogP contribution < -0.4 is 0 Å². The molecule has 1 unspecified atom stereocenters. The summed E-state index contributed by atoms with van der Waals surface area (Å²) in [5, 5.41) is 7.55. The first-order chi connectivity index (χ1) is 28.8. The third-order valence-electron chi connectivity index (χ3n) is 12.7. The zero-order valence-corrected chi connectivity index (χ0v) is 31.5. The molecule has 12 aromatic rings. The molecule has 9 aromatic carbocycles. The van der Waals surface area contributed by atoms with Gasteiger partial charge in [0.15, 0.2) is 0 Å². The van der Waals surface area contributed by atoms with Crippen LogP contribution in [0, 0.1) is 0 Å². The summed E-state index contributed by atoms with van der Waals surface area (Å²) >= 11 is 0. The predicted octanol–water partition coefficient (Wildman–Crippen LogP) is 14.1. The first kappa shape index (κ1) is 31.6. The molecule has 3 heteroatoms. The van der Waals surface area contributed by atoms with Crippen molar-refractivity contribution >= 4 is 65.4 Å². The topological polar surface area (TPSA) is 14.8 Å². The zero-order valence-electron chi connectivity index (χ0n) is 31.5. The molecule has 0 aliphatic heterocycles. The molecule has 3 aromatic heterocycles. The Bertz CT molecular complexity index is 3620. The number of aromatic nitrogens is 3. The van der Waals surface area contributed by atoms with Crippen LogP contribution in [0.5, 0.6) is 0 Å². The number of rotatable bonds is 4. The summed E-state index contributed by atoms with van der Waals surface area (Å²) < 4.78 is 7.46. The number of nitrogens with zero attached hydrogens (tertiary/aromatic N) is 3. The molecule has 3 nitrogen and oxygen atoms in total. The highest BCUT2D eigenvalue weighted by molar-refractivity contribution is 6.26. The van der Waals surface area contributed by atoms with Crippen LogP contribution in [-0.2, 0) is 0 Å². The van der Waals surface area contributed by atoms with Crippen molar-refractivity contribution in [1.82, 2.24) is 13.7 Å². The summed E-state index contributed by atoms with van der Waals surface area (Å²) in [6.07, 6.45) is 0. The minimum Gasteiger partial charge on any atom is -0.309 e. The van der Waals surface area contributed by atoms with Crippen molar-refractivity contribution in [3.8, 4) is 28.2 Å². The highest BCUT2D eigenvalue weighted by Gasteiger charge is 2.33. The van der Waals surface area contributed by atoms with Gasteiger partial charge in [-0.05, 0) is 76.9 Å². The standard InChI is InChI=1S/C55H35N3/c1-3-16-35(17-4-1)51-41-24-7-8-25-42(41)52-46(51)31-30-43-39-22-9-12-27-47(39)57(54(43)52)37-20-15-21-38(34-37)58-48-28-13-10-23-40(48)44-32-33-50-53(55(44)58)45-26-11-14-29-49(45)56(50)36-18-5-2-6-19-36/h1-34,51H. The average molecular weight is 738 g/mol. The van der Waals surface area contributed by atoms with Crippen LogP contribution in [0.15, 0.2) is 206 Å². The van der Waals surface area contributed by atoms with Gasteiger partial charge in [-0.3, -0.25) is 0 Å². The van der Waals surface area contributed by atoms with Crippen LogP contribution >= 0.6 is 0 Å². The van der Waals surface area contributed by atoms with Crippen LogP contribution in [-0.4, -0.2) is 13.7 Å². The molecule has 1 atom stereocenters. The van der Waals surface area contributed by atoms with Crippen LogP contribution in [0.2, 0.25) is 0 Å². The largest absolute Gasteiger partial charge is 0.309 e. The first-order valence-corrected chi connectivity index (χ1v) is 20.2. The predicted molar refractivity (Wildman–Crippen MR) is 242 cm³/mol. The maximum Gasteiger partial charge on any atom is 0.0641 e. The highest BCUT2D eigenvalue weighted by Crippen LogP contribution is 2.52. The minimum atomic E-state index is 0.174. The summed E-state index contributed by atoms with van der Waals surface area (Å²) in [6.45, 7) is 0. The van der Waals surface area contributed by atoms with Crippen molar-refractivity contribution in [2.24, 2.45) is 0 Å². The van der Waals surface area contributed by atoms with Gasteiger partial charge >= 0.3 is 0 Å². The molecule has 270 valence electrons.